The number of hydrogen-bond donors (Lipinski definition) is 0. The second kappa shape index (κ2) is 9.82. The molecule has 0 saturated heterocycles. The molecule has 0 atom stereocenters. The summed E-state index contributed by atoms with van der Waals surface area (Å²) in [5.74, 6) is 2.37. The zero-order valence-corrected chi connectivity index (χ0v) is 17.2. The van der Waals surface area contributed by atoms with Gasteiger partial charge in [-0.25, -0.2) is 0 Å². The number of ether oxygens (including phenoxy) is 3. The van der Waals surface area contributed by atoms with E-state index in [4.69, 9.17) is 14.2 Å². The van der Waals surface area contributed by atoms with Crippen LogP contribution in [0.15, 0.2) is 60.7 Å². The first-order chi connectivity index (χ1) is 14.1. The smallest absolute Gasteiger partial charge is 0.222 e. The molecule has 0 aromatic heterocycles. The number of hydrogen-bond acceptors (Lipinski definition) is 4. The van der Waals surface area contributed by atoms with Gasteiger partial charge in [-0.2, -0.15) is 0 Å². The zero-order chi connectivity index (χ0) is 20.6. The molecule has 0 spiro atoms. The van der Waals surface area contributed by atoms with Gasteiger partial charge in [0.2, 0.25) is 5.91 Å². The lowest BCUT2D eigenvalue weighted by molar-refractivity contribution is -0.130. The van der Waals surface area contributed by atoms with Crippen LogP contribution in [-0.4, -0.2) is 38.7 Å². The number of benzene rings is 3. The monoisotopic (exact) mass is 393 g/mol. The summed E-state index contributed by atoms with van der Waals surface area (Å²) in [6.07, 6.45) is 1.09. The molecule has 0 heterocycles. The van der Waals surface area contributed by atoms with Gasteiger partial charge in [-0.3, -0.25) is 4.79 Å². The summed E-state index contributed by atoms with van der Waals surface area (Å²) in [5.41, 5.74) is 0.941. The molecule has 3 rings (SSSR count). The molecule has 0 radical (unpaired) electrons. The summed E-state index contributed by atoms with van der Waals surface area (Å²) in [7, 11) is 5.03. The highest BCUT2D eigenvalue weighted by molar-refractivity contribution is 5.88. The van der Waals surface area contributed by atoms with Gasteiger partial charge in [0, 0.05) is 37.0 Å². The Morgan fingerprint density at radius 2 is 1.72 bits per heavy atom. The van der Waals surface area contributed by atoms with Gasteiger partial charge in [-0.1, -0.05) is 36.4 Å². The first kappa shape index (κ1) is 20.5. The van der Waals surface area contributed by atoms with Gasteiger partial charge in [-0.05, 0) is 30.0 Å². The number of amides is 1. The lowest BCUT2D eigenvalue weighted by atomic mass is 10.1. The van der Waals surface area contributed by atoms with Crippen LogP contribution in [0.2, 0.25) is 0 Å². The zero-order valence-electron chi connectivity index (χ0n) is 17.2. The van der Waals surface area contributed by atoms with E-state index in [0.717, 1.165) is 27.8 Å². The van der Waals surface area contributed by atoms with E-state index >= 15 is 0 Å². The molecule has 0 unspecified atom stereocenters. The first-order valence-electron chi connectivity index (χ1n) is 9.68. The largest absolute Gasteiger partial charge is 0.497 e. The van der Waals surface area contributed by atoms with Crippen molar-refractivity contribution < 1.29 is 19.0 Å². The summed E-state index contributed by atoms with van der Waals surface area (Å²) in [4.78, 5) is 14.2. The van der Waals surface area contributed by atoms with E-state index < -0.39 is 0 Å². The molecule has 0 aliphatic carbocycles. The van der Waals surface area contributed by atoms with Gasteiger partial charge in [-0.15, -0.1) is 0 Å². The predicted molar refractivity (Wildman–Crippen MR) is 115 cm³/mol. The fourth-order valence-electron chi connectivity index (χ4n) is 3.24. The summed E-state index contributed by atoms with van der Waals surface area (Å²) in [5, 5.41) is 2.24. The van der Waals surface area contributed by atoms with Gasteiger partial charge < -0.3 is 19.1 Å². The predicted octanol–water partition coefficient (Wildman–Crippen LogP) is 4.67. The Bertz CT molecular complexity index is 965. The number of fused-ring (bicyclic) bond motifs is 1. The van der Waals surface area contributed by atoms with Crippen molar-refractivity contribution in [2.75, 3.05) is 27.9 Å². The van der Waals surface area contributed by atoms with E-state index in [1.54, 1.807) is 26.2 Å². The van der Waals surface area contributed by atoms with Crippen LogP contribution >= 0.6 is 0 Å². The van der Waals surface area contributed by atoms with E-state index in [1.165, 1.54) is 0 Å². The quantitative estimate of drug-likeness (QED) is 0.496. The van der Waals surface area contributed by atoms with Crippen LogP contribution in [0.3, 0.4) is 0 Å². The molecule has 0 bridgehead atoms. The molecule has 0 N–H and O–H groups in total. The molecular formula is C24H27NO4. The number of carbonyl (C=O) groups excluding carboxylic acids is 1. The Kier molecular flexibility index (Phi) is 6.95. The van der Waals surface area contributed by atoms with Crippen molar-refractivity contribution in [1.29, 1.82) is 0 Å². The van der Waals surface area contributed by atoms with Crippen LogP contribution in [-0.2, 0) is 11.3 Å². The topological polar surface area (TPSA) is 48.0 Å². The SMILES string of the molecule is COc1ccc(CN(C)C(=O)CCCOc2cccc3ccccc23)c(OC)c1. The van der Waals surface area contributed by atoms with E-state index in [1.807, 2.05) is 48.5 Å². The Balaban J connectivity index is 1.50. The van der Waals surface area contributed by atoms with Crippen molar-refractivity contribution in [2.24, 2.45) is 0 Å². The van der Waals surface area contributed by atoms with Crippen molar-refractivity contribution in [3.05, 3.63) is 66.2 Å². The lowest BCUT2D eigenvalue weighted by Crippen LogP contribution is -2.26. The maximum atomic E-state index is 12.5. The van der Waals surface area contributed by atoms with E-state index in [2.05, 4.69) is 12.1 Å². The highest BCUT2D eigenvalue weighted by atomic mass is 16.5. The summed E-state index contributed by atoms with van der Waals surface area (Å²) < 4.78 is 16.6. The number of nitrogens with zero attached hydrogens (tertiary/aromatic N) is 1. The van der Waals surface area contributed by atoms with Gasteiger partial charge in [0.1, 0.15) is 17.2 Å². The van der Waals surface area contributed by atoms with Crippen LogP contribution < -0.4 is 14.2 Å². The minimum Gasteiger partial charge on any atom is -0.497 e. The Morgan fingerprint density at radius 1 is 0.931 bits per heavy atom. The van der Waals surface area contributed by atoms with Crippen molar-refractivity contribution in [2.45, 2.75) is 19.4 Å². The van der Waals surface area contributed by atoms with Crippen LogP contribution in [0.25, 0.3) is 10.8 Å². The van der Waals surface area contributed by atoms with Gasteiger partial charge in [0.05, 0.1) is 20.8 Å². The molecule has 29 heavy (non-hydrogen) atoms. The molecular weight excluding hydrogens is 366 g/mol. The van der Waals surface area contributed by atoms with Crippen LogP contribution in [0.5, 0.6) is 17.2 Å². The van der Waals surface area contributed by atoms with Crippen molar-refractivity contribution in [1.82, 2.24) is 4.90 Å². The van der Waals surface area contributed by atoms with Gasteiger partial charge >= 0.3 is 0 Å². The Morgan fingerprint density at radius 3 is 2.52 bits per heavy atom. The molecule has 0 fully saturated rings. The number of carbonyl (C=O) groups is 1. The molecule has 3 aromatic carbocycles. The van der Waals surface area contributed by atoms with Gasteiger partial charge in [0.25, 0.3) is 0 Å². The summed E-state index contributed by atoms with van der Waals surface area (Å²) >= 11 is 0. The molecule has 3 aromatic rings. The standard InChI is InChI=1S/C24H27NO4/c1-25(17-19-13-14-20(27-2)16-23(19)28-3)24(26)12-7-15-29-22-11-6-9-18-8-4-5-10-21(18)22/h4-6,8-11,13-14,16H,7,12,15,17H2,1-3H3. The van der Waals surface area contributed by atoms with Crippen LogP contribution in [0.4, 0.5) is 0 Å². The van der Waals surface area contributed by atoms with Crippen LogP contribution in [0.1, 0.15) is 18.4 Å². The fourth-order valence-corrected chi connectivity index (χ4v) is 3.24. The van der Waals surface area contributed by atoms with E-state index in [0.29, 0.717) is 31.7 Å². The van der Waals surface area contributed by atoms with Crippen molar-refractivity contribution in [3.63, 3.8) is 0 Å². The Labute approximate surface area is 171 Å². The van der Waals surface area contributed by atoms with Gasteiger partial charge in [0.15, 0.2) is 0 Å². The highest BCUT2D eigenvalue weighted by Crippen LogP contribution is 2.26. The molecule has 1 amide bonds. The third kappa shape index (κ3) is 5.19. The van der Waals surface area contributed by atoms with E-state index in [-0.39, 0.29) is 5.91 Å². The first-order valence-corrected chi connectivity index (χ1v) is 9.68. The van der Waals surface area contributed by atoms with Crippen LogP contribution in [0, 0.1) is 0 Å². The summed E-state index contributed by atoms with van der Waals surface area (Å²) in [6.45, 7) is 0.982. The molecule has 0 saturated carbocycles. The maximum absolute atomic E-state index is 12.5. The average Bonchev–Trinajstić information content (AvgIpc) is 2.76. The Hall–Kier alpha value is -3.21. The fraction of sp³-hybridized carbons (Fsp3) is 0.292. The normalized spacial score (nSPS) is 10.6. The summed E-state index contributed by atoms with van der Waals surface area (Å²) in [6, 6.07) is 19.8. The lowest BCUT2D eigenvalue weighted by Gasteiger charge is -2.19. The van der Waals surface area contributed by atoms with E-state index in [9.17, 15) is 4.79 Å². The minimum absolute atomic E-state index is 0.0735. The molecule has 0 aliphatic heterocycles. The number of rotatable bonds is 9. The van der Waals surface area contributed by atoms with Crippen molar-refractivity contribution in [3.8, 4) is 17.2 Å². The second-order valence-corrected chi connectivity index (χ2v) is 6.86. The second-order valence-electron chi connectivity index (χ2n) is 6.86. The minimum atomic E-state index is 0.0735. The number of methoxy groups -OCH3 is 2. The third-order valence-electron chi connectivity index (χ3n) is 4.87. The van der Waals surface area contributed by atoms with Crippen molar-refractivity contribution >= 4 is 16.7 Å². The maximum Gasteiger partial charge on any atom is 0.222 e. The third-order valence-corrected chi connectivity index (χ3v) is 4.87. The molecule has 0 aliphatic rings. The molecule has 5 heteroatoms. The average molecular weight is 393 g/mol. The highest BCUT2D eigenvalue weighted by Gasteiger charge is 2.13. The molecule has 5 nitrogen and oxygen atoms in total. The molecule has 152 valence electrons.